The maximum absolute atomic E-state index is 13.0. The van der Waals surface area contributed by atoms with E-state index in [1.54, 1.807) is 0 Å². The predicted octanol–water partition coefficient (Wildman–Crippen LogP) is 3.51. The van der Waals surface area contributed by atoms with E-state index >= 15 is 0 Å². The molecule has 1 unspecified atom stereocenters. The van der Waals surface area contributed by atoms with Crippen LogP contribution >= 0.6 is 0 Å². The van der Waals surface area contributed by atoms with Crippen molar-refractivity contribution in [2.45, 2.75) is 37.6 Å². The molecule has 0 saturated carbocycles. The van der Waals surface area contributed by atoms with Gasteiger partial charge in [-0.05, 0) is 54.4 Å². The molecule has 0 radical (unpaired) electrons. The molecule has 6 nitrogen and oxygen atoms in total. The van der Waals surface area contributed by atoms with E-state index < -0.39 is 12.0 Å². The highest BCUT2D eigenvalue weighted by molar-refractivity contribution is 5.81. The van der Waals surface area contributed by atoms with Gasteiger partial charge >= 0.3 is 5.97 Å². The van der Waals surface area contributed by atoms with E-state index in [9.17, 15) is 14.7 Å². The van der Waals surface area contributed by atoms with Crippen molar-refractivity contribution in [2.75, 3.05) is 38.0 Å². The molecule has 168 valence electrons. The number of nitrogens with one attached hydrogen (secondary N) is 1. The van der Waals surface area contributed by atoms with Gasteiger partial charge in [-0.15, -0.1) is 0 Å². The molecule has 3 aliphatic rings. The minimum absolute atomic E-state index is 0.0925. The Bertz CT molecular complexity index is 979. The minimum Gasteiger partial charge on any atom is -0.480 e. The molecule has 2 N–H and O–H groups in total. The van der Waals surface area contributed by atoms with Gasteiger partial charge < -0.3 is 15.3 Å². The molecule has 2 saturated heterocycles. The predicted molar refractivity (Wildman–Crippen MR) is 124 cm³/mol. The van der Waals surface area contributed by atoms with Crippen LogP contribution < -0.4 is 5.32 Å². The van der Waals surface area contributed by atoms with Gasteiger partial charge in [-0.1, -0.05) is 42.5 Å². The van der Waals surface area contributed by atoms with Crippen molar-refractivity contribution < 1.29 is 14.7 Å². The number of likely N-dealkylation sites (tertiary alicyclic amines) is 2. The molecule has 0 spiro atoms. The Labute approximate surface area is 189 Å². The Balaban J connectivity index is 1.15. The summed E-state index contributed by atoms with van der Waals surface area (Å²) in [6.07, 6.45) is 4.33. The van der Waals surface area contributed by atoms with Crippen LogP contribution in [0, 0.1) is 5.92 Å². The van der Waals surface area contributed by atoms with E-state index in [2.05, 4.69) is 23.5 Å². The SMILES string of the molecule is O=C(O)C(c1ccccc1)N1CC(C(=O)N2CCC(c3ccc4c(c3)NCCC4)CC2)C1. The van der Waals surface area contributed by atoms with Crippen LogP contribution in [0.4, 0.5) is 5.69 Å². The van der Waals surface area contributed by atoms with Gasteiger partial charge in [-0.25, -0.2) is 0 Å². The number of carbonyl (C=O) groups excluding carboxylic acids is 1. The zero-order chi connectivity index (χ0) is 22.1. The summed E-state index contributed by atoms with van der Waals surface area (Å²) < 4.78 is 0. The molecule has 2 aromatic rings. The number of amides is 1. The topological polar surface area (TPSA) is 72.9 Å². The molecular formula is C26H31N3O3. The number of nitrogens with zero attached hydrogens (tertiary/aromatic N) is 2. The first-order valence-electron chi connectivity index (χ1n) is 11.8. The molecule has 6 heteroatoms. The zero-order valence-corrected chi connectivity index (χ0v) is 18.4. The number of carboxylic acids is 1. The molecular weight excluding hydrogens is 402 g/mol. The molecule has 1 atom stereocenters. The second-order valence-electron chi connectivity index (χ2n) is 9.35. The fraction of sp³-hybridized carbons (Fsp3) is 0.462. The molecule has 0 aromatic heterocycles. The van der Waals surface area contributed by atoms with Crippen molar-refractivity contribution in [1.82, 2.24) is 9.80 Å². The van der Waals surface area contributed by atoms with Gasteiger partial charge in [0.05, 0.1) is 5.92 Å². The lowest BCUT2D eigenvalue weighted by Crippen LogP contribution is -2.57. The van der Waals surface area contributed by atoms with Gasteiger partial charge in [0.15, 0.2) is 0 Å². The van der Waals surface area contributed by atoms with Gasteiger partial charge in [-0.3, -0.25) is 14.5 Å². The number of carboxylic acid groups (broad SMARTS) is 1. The average Bonchev–Trinajstić information content (AvgIpc) is 2.81. The summed E-state index contributed by atoms with van der Waals surface area (Å²) in [4.78, 5) is 28.8. The smallest absolute Gasteiger partial charge is 0.325 e. The number of hydrogen-bond donors (Lipinski definition) is 2. The number of anilines is 1. The zero-order valence-electron chi connectivity index (χ0n) is 18.4. The van der Waals surface area contributed by atoms with Crippen molar-refractivity contribution in [3.63, 3.8) is 0 Å². The van der Waals surface area contributed by atoms with E-state index in [0.717, 1.165) is 44.5 Å². The maximum Gasteiger partial charge on any atom is 0.325 e. The lowest BCUT2D eigenvalue weighted by atomic mass is 9.86. The van der Waals surface area contributed by atoms with Crippen molar-refractivity contribution in [1.29, 1.82) is 0 Å². The number of aliphatic carboxylic acids is 1. The van der Waals surface area contributed by atoms with Crippen molar-refractivity contribution in [2.24, 2.45) is 5.92 Å². The lowest BCUT2D eigenvalue weighted by molar-refractivity contribution is -0.153. The van der Waals surface area contributed by atoms with Crippen LogP contribution in [0.5, 0.6) is 0 Å². The van der Waals surface area contributed by atoms with Crippen LogP contribution in [0.25, 0.3) is 0 Å². The van der Waals surface area contributed by atoms with Crippen molar-refractivity contribution in [3.8, 4) is 0 Å². The summed E-state index contributed by atoms with van der Waals surface area (Å²) in [5.74, 6) is -0.267. The molecule has 3 aliphatic heterocycles. The van der Waals surface area contributed by atoms with E-state index in [0.29, 0.717) is 19.0 Å². The first kappa shape index (κ1) is 21.0. The van der Waals surface area contributed by atoms with Crippen LogP contribution in [0.2, 0.25) is 0 Å². The summed E-state index contributed by atoms with van der Waals surface area (Å²) in [6, 6.07) is 15.5. The lowest BCUT2D eigenvalue weighted by Gasteiger charge is -2.44. The van der Waals surface area contributed by atoms with Gasteiger partial charge in [-0.2, -0.15) is 0 Å². The molecule has 1 amide bonds. The number of hydrogen-bond acceptors (Lipinski definition) is 4. The first-order valence-corrected chi connectivity index (χ1v) is 11.8. The maximum atomic E-state index is 13.0. The Kier molecular flexibility index (Phi) is 5.87. The summed E-state index contributed by atoms with van der Waals surface area (Å²) in [5.41, 5.74) is 4.85. The third-order valence-corrected chi connectivity index (χ3v) is 7.32. The highest BCUT2D eigenvalue weighted by Gasteiger charge is 2.42. The van der Waals surface area contributed by atoms with E-state index in [1.807, 2.05) is 40.1 Å². The number of carbonyl (C=O) groups is 2. The molecule has 2 fully saturated rings. The van der Waals surface area contributed by atoms with Crippen molar-refractivity contribution in [3.05, 3.63) is 65.2 Å². The second-order valence-corrected chi connectivity index (χ2v) is 9.35. The fourth-order valence-corrected chi connectivity index (χ4v) is 5.45. The summed E-state index contributed by atoms with van der Waals surface area (Å²) in [5, 5.41) is 13.2. The molecule has 0 bridgehead atoms. The van der Waals surface area contributed by atoms with Crippen LogP contribution in [0.3, 0.4) is 0 Å². The third kappa shape index (κ3) is 4.11. The largest absolute Gasteiger partial charge is 0.480 e. The monoisotopic (exact) mass is 433 g/mol. The Hall–Kier alpha value is -2.86. The number of benzene rings is 2. The highest BCUT2D eigenvalue weighted by Crippen LogP contribution is 2.34. The third-order valence-electron chi connectivity index (χ3n) is 7.32. The number of fused-ring (bicyclic) bond motifs is 1. The van der Waals surface area contributed by atoms with Gasteiger partial charge in [0.25, 0.3) is 0 Å². The first-order chi connectivity index (χ1) is 15.6. The van der Waals surface area contributed by atoms with Gasteiger partial charge in [0, 0.05) is 38.4 Å². The quantitative estimate of drug-likeness (QED) is 0.755. The molecule has 5 rings (SSSR count). The second kappa shape index (κ2) is 8.94. The Morgan fingerprint density at radius 1 is 1.03 bits per heavy atom. The molecule has 3 heterocycles. The molecule has 2 aromatic carbocycles. The molecule has 0 aliphatic carbocycles. The Morgan fingerprint density at radius 3 is 2.50 bits per heavy atom. The Morgan fingerprint density at radius 2 is 1.78 bits per heavy atom. The number of rotatable bonds is 5. The fourth-order valence-electron chi connectivity index (χ4n) is 5.45. The molecule has 32 heavy (non-hydrogen) atoms. The number of piperidine rings is 1. The van der Waals surface area contributed by atoms with Crippen molar-refractivity contribution >= 4 is 17.6 Å². The van der Waals surface area contributed by atoms with Crippen LogP contribution in [-0.4, -0.2) is 59.5 Å². The van der Waals surface area contributed by atoms with E-state index in [1.165, 1.54) is 23.2 Å². The van der Waals surface area contributed by atoms with E-state index in [-0.39, 0.29) is 11.8 Å². The van der Waals surface area contributed by atoms with Crippen LogP contribution in [0.1, 0.15) is 47.9 Å². The van der Waals surface area contributed by atoms with Gasteiger partial charge in [0.2, 0.25) is 5.91 Å². The number of aryl methyl sites for hydroxylation is 1. The average molecular weight is 434 g/mol. The standard InChI is InChI=1S/C26H31N3O3/c30-25(22-16-29(17-22)24(26(31)32)20-5-2-1-3-6-20)28-13-10-18(11-14-28)21-9-8-19-7-4-12-27-23(19)15-21/h1-3,5-6,8-9,15,18,22,24,27H,4,7,10-14,16-17H2,(H,31,32). The van der Waals surface area contributed by atoms with Gasteiger partial charge in [0.1, 0.15) is 6.04 Å². The normalized spacial score (nSPS) is 20.7. The van der Waals surface area contributed by atoms with E-state index in [4.69, 9.17) is 0 Å². The summed E-state index contributed by atoms with van der Waals surface area (Å²) >= 11 is 0. The van der Waals surface area contributed by atoms with Crippen LogP contribution in [0.15, 0.2) is 48.5 Å². The minimum atomic E-state index is -0.859. The summed E-state index contributed by atoms with van der Waals surface area (Å²) in [7, 11) is 0. The summed E-state index contributed by atoms with van der Waals surface area (Å²) in [6.45, 7) is 3.65. The highest BCUT2D eigenvalue weighted by atomic mass is 16.4. The van der Waals surface area contributed by atoms with Crippen LogP contribution in [-0.2, 0) is 16.0 Å².